The number of hydrogen-bond donors (Lipinski definition) is 0. The van der Waals surface area contributed by atoms with Crippen molar-refractivity contribution in [1.82, 2.24) is 24.1 Å². The van der Waals surface area contributed by atoms with E-state index < -0.39 is 0 Å². The minimum absolute atomic E-state index is 0.174. The number of ether oxygens (including phenoxy) is 1. The number of nitrogens with zero attached hydrogens (tertiary/aromatic N) is 5. The predicted molar refractivity (Wildman–Crippen MR) is 337 cm³/mol. The van der Waals surface area contributed by atoms with E-state index in [4.69, 9.17) is 28.5 Å². The molecule has 0 fully saturated rings. The molecule has 0 aliphatic carbocycles. The average molecular weight is 1070 g/mol. The number of para-hydroxylation sites is 4. The van der Waals surface area contributed by atoms with Gasteiger partial charge in [0, 0.05) is 22.0 Å². The van der Waals surface area contributed by atoms with Crippen LogP contribution in [0.3, 0.4) is 0 Å². The largest absolute Gasteiger partial charge is 0.457 e. The summed E-state index contributed by atoms with van der Waals surface area (Å²) >= 11 is 0. The fourth-order valence-electron chi connectivity index (χ4n) is 12.3. The van der Waals surface area contributed by atoms with E-state index in [1.54, 1.807) is 0 Å². The lowest BCUT2D eigenvalue weighted by Crippen LogP contribution is -2.09. The van der Waals surface area contributed by atoms with E-state index in [9.17, 15) is 0 Å². The molecule has 0 saturated carbocycles. The Labute approximate surface area is 477 Å². The highest BCUT2D eigenvalue weighted by atomic mass is 16.5. The SMILES string of the molecule is Cc1ccc2oc3c(ccc4c5cc(Oc6cccc(-c7nc8ccccc8n7-c7c(C(C)C)cc(-c8ccccc8)cc7C(C)C)c6)cc(-c6nc7ccccc7n6-c6c(C(C)C)cc(-c7ccccc7)cc6C(C)C)c5oc43)c2n1. The van der Waals surface area contributed by atoms with Crippen molar-refractivity contribution in [3.05, 3.63) is 222 Å². The predicted octanol–water partition coefficient (Wildman–Crippen LogP) is 20.8. The number of aromatic nitrogens is 5. The van der Waals surface area contributed by atoms with Crippen LogP contribution in [0.25, 0.3) is 122 Å². The highest BCUT2D eigenvalue weighted by molar-refractivity contribution is 6.20. The summed E-state index contributed by atoms with van der Waals surface area (Å²) in [6, 6.07) is 68.6. The molecule has 0 N–H and O–H groups in total. The van der Waals surface area contributed by atoms with Crippen molar-refractivity contribution in [1.29, 1.82) is 0 Å². The van der Waals surface area contributed by atoms with Gasteiger partial charge in [-0.15, -0.1) is 0 Å². The van der Waals surface area contributed by atoms with Gasteiger partial charge in [-0.2, -0.15) is 0 Å². The first-order valence-electron chi connectivity index (χ1n) is 28.8. The standard InChI is InChI=1S/C74H63N5O3/c1-42(2)56-36-50(47-21-12-10-13-22-47)37-57(43(3)4)68(56)78-64-29-18-16-27-62(64)76-73(78)49-25-20-26-52(35-49)80-53-40-60-54-32-33-55-67-66(34-31-46(9)75-67)81-72(55)71(54)82-70(60)61(41-53)74-77-63-28-17-19-30-65(63)79(74)69-58(44(5)6)38-51(39-59(69)45(7)8)48-23-14-11-15-24-48/h10-45H,1-9H3. The number of hydrogen-bond acceptors (Lipinski definition) is 6. The Morgan fingerprint density at radius 1 is 0.378 bits per heavy atom. The van der Waals surface area contributed by atoms with E-state index in [0.717, 1.165) is 77.9 Å². The van der Waals surface area contributed by atoms with E-state index in [1.807, 2.05) is 25.1 Å². The van der Waals surface area contributed by atoms with Gasteiger partial charge in [-0.3, -0.25) is 9.13 Å². The molecular weight excluding hydrogens is 1010 g/mol. The van der Waals surface area contributed by atoms with E-state index in [0.29, 0.717) is 33.8 Å². The van der Waals surface area contributed by atoms with Gasteiger partial charge < -0.3 is 13.6 Å². The second-order valence-electron chi connectivity index (χ2n) is 23.2. The van der Waals surface area contributed by atoms with Crippen molar-refractivity contribution < 1.29 is 13.6 Å². The Morgan fingerprint density at radius 2 is 0.878 bits per heavy atom. The molecule has 402 valence electrons. The third-order valence-electron chi connectivity index (χ3n) is 16.3. The quantitative estimate of drug-likeness (QED) is 0.121. The van der Waals surface area contributed by atoms with Crippen LogP contribution in [0, 0.1) is 6.92 Å². The van der Waals surface area contributed by atoms with Crippen molar-refractivity contribution in [3.8, 4) is 67.9 Å². The highest BCUT2D eigenvalue weighted by Crippen LogP contribution is 2.48. The maximum atomic E-state index is 7.25. The Morgan fingerprint density at radius 3 is 1.45 bits per heavy atom. The lowest BCUT2D eigenvalue weighted by molar-refractivity contribution is 0.483. The molecule has 9 aromatic carbocycles. The average Bonchev–Trinajstić information content (AvgIpc) is 4.33. The number of pyridine rings is 1. The van der Waals surface area contributed by atoms with Crippen LogP contribution >= 0.6 is 0 Å². The third-order valence-corrected chi connectivity index (χ3v) is 16.3. The van der Waals surface area contributed by atoms with Crippen LogP contribution in [-0.2, 0) is 0 Å². The maximum absolute atomic E-state index is 7.25. The van der Waals surface area contributed by atoms with E-state index in [2.05, 4.69) is 240 Å². The van der Waals surface area contributed by atoms with Gasteiger partial charge in [0.25, 0.3) is 0 Å². The molecule has 8 nitrogen and oxygen atoms in total. The molecule has 0 aliphatic rings. The normalized spacial score (nSPS) is 12.2. The molecule has 5 aromatic heterocycles. The summed E-state index contributed by atoms with van der Waals surface area (Å²) in [6.45, 7) is 20.3. The van der Waals surface area contributed by atoms with Crippen LogP contribution < -0.4 is 4.74 Å². The summed E-state index contributed by atoms with van der Waals surface area (Å²) < 4.78 is 25.9. The minimum Gasteiger partial charge on any atom is -0.457 e. The smallest absolute Gasteiger partial charge is 0.180 e. The number of aryl methyl sites for hydroxylation is 1. The van der Waals surface area contributed by atoms with Crippen LogP contribution in [0.5, 0.6) is 11.5 Å². The van der Waals surface area contributed by atoms with Crippen molar-refractivity contribution in [2.24, 2.45) is 0 Å². The van der Waals surface area contributed by atoms with Gasteiger partial charge in [-0.1, -0.05) is 152 Å². The lowest BCUT2D eigenvalue weighted by atomic mass is 9.88. The molecule has 82 heavy (non-hydrogen) atoms. The Kier molecular flexibility index (Phi) is 12.3. The Balaban J connectivity index is 0.990. The van der Waals surface area contributed by atoms with Crippen molar-refractivity contribution in [2.45, 2.75) is 86.0 Å². The number of furan rings is 2. The second-order valence-corrected chi connectivity index (χ2v) is 23.2. The van der Waals surface area contributed by atoms with Gasteiger partial charge >= 0.3 is 0 Å². The third kappa shape index (κ3) is 8.46. The molecule has 14 rings (SSSR count). The fourth-order valence-corrected chi connectivity index (χ4v) is 12.3. The van der Waals surface area contributed by atoms with Crippen LogP contribution in [0.1, 0.15) is 107 Å². The zero-order chi connectivity index (χ0) is 56.1. The molecule has 0 aliphatic heterocycles. The van der Waals surface area contributed by atoms with Crippen molar-refractivity contribution >= 4 is 66.1 Å². The molecule has 0 unspecified atom stereocenters. The Bertz CT molecular complexity index is 4740. The lowest BCUT2D eigenvalue weighted by Gasteiger charge is -2.24. The number of rotatable bonds is 12. The molecule has 0 spiro atoms. The molecule has 0 radical (unpaired) electrons. The minimum atomic E-state index is 0.174. The molecule has 8 heteroatoms. The summed E-state index contributed by atoms with van der Waals surface area (Å²) in [6.07, 6.45) is 0. The molecule has 14 aromatic rings. The molecule has 0 saturated heterocycles. The topological polar surface area (TPSA) is 84.0 Å². The van der Waals surface area contributed by atoms with Crippen LogP contribution in [-0.4, -0.2) is 24.1 Å². The second kappa shape index (κ2) is 19.9. The fraction of sp³-hybridized carbons (Fsp3) is 0.176. The Hall–Kier alpha value is -9.53. The van der Waals surface area contributed by atoms with Gasteiger partial charge in [0.15, 0.2) is 16.7 Å². The summed E-state index contributed by atoms with van der Waals surface area (Å²) in [5.41, 5.74) is 22.0. The zero-order valence-electron chi connectivity index (χ0n) is 47.7. The number of fused-ring (bicyclic) bond motifs is 9. The zero-order valence-corrected chi connectivity index (χ0v) is 47.7. The highest BCUT2D eigenvalue weighted by Gasteiger charge is 2.29. The summed E-state index contributed by atoms with van der Waals surface area (Å²) in [5, 5.41) is 2.67. The van der Waals surface area contributed by atoms with Gasteiger partial charge in [-0.05, 0) is 172 Å². The summed E-state index contributed by atoms with van der Waals surface area (Å²) in [7, 11) is 0. The van der Waals surface area contributed by atoms with Gasteiger partial charge in [0.1, 0.15) is 34.2 Å². The molecule has 5 heterocycles. The molecule has 0 bridgehead atoms. The van der Waals surface area contributed by atoms with Crippen molar-refractivity contribution in [2.75, 3.05) is 0 Å². The summed E-state index contributed by atoms with van der Waals surface area (Å²) in [4.78, 5) is 16.0. The maximum Gasteiger partial charge on any atom is 0.180 e. The first-order valence-corrected chi connectivity index (χ1v) is 28.8. The molecule has 0 atom stereocenters. The van der Waals surface area contributed by atoms with Crippen LogP contribution in [0.4, 0.5) is 0 Å². The van der Waals surface area contributed by atoms with Crippen molar-refractivity contribution in [3.63, 3.8) is 0 Å². The summed E-state index contributed by atoms with van der Waals surface area (Å²) in [5.74, 6) is 3.67. The van der Waals surface area contributed by atoms with Crippen LogP contribution in [0.2, 0.25) is 0 Å². The van der Waals surface area contributed by atoms with E-state index in [-0.39, 0.29) is 23.7 Å². The van der Waals surface area contributed by atoms with Crippen LogP contribution in [0.15, 0.2) is 203 Å². The number of imidazole rings is 2. The first kappa shape index (κ1) is 50.7. The van der Waals surface area contributed by atoms with E-state index in [1.165, 1.54) is 50.2 Å². The van der Waals surface area contributed by atoms with E-state index >= 15 is 0 Å². The first-order chi connectivity index (χ1) is 39.9. The van der Waals surface area contributed by atoms with Gasteiger partial charge in [-0.25, -0.2) is 15.0 Å². The number of benzene rings is 9. The molecule has 0 amide bonds. The monoisotopic (exact) mass is 1070 g/mol. The van der Waals surface area contributed by atoms with Gasteiger partial charge in [0.2, 0.25) is 0 Å². The van der Waals surface area contributed by atoms with Gasteiger partial charge in [0.05, 0.1) is 44.4 Å². The molecular formula is C74H63N5O3.